The van der Waals surface area contributed by atoms with Gasteiger partial charge in [0.25, 0.3) is 0 Å². The van der Waals surface area contributed by atoms with Crippen molar-refractivity contribution in [3.05, 3.63) is 52.5 Å². The summed E-state index contributed by atoms with van der Waals surface area (Å²) in [6, 6.07) is 6.65. The number of hydrogen-bond acceptors (Lipinski definition) is 5. The lowest BCUT2D eigenvalue weighted by atomic mass is 9.91. The number of aromatic nitrogens is 1. The first-order valence-electron chi connectivity index (χ1n) is 7.96. The standard InChI is InChI=1S/C18H17BrN2O3S/c1-18(2)17-15(5-6-21-18)14-4-3-12(8-16(14)24-17)25(22,23)13-7-11(19)9-20-10-13/h3-4,7-10,21H,5-6H2,1-2H3. The summed E-state index contributed by atoms with van der Waals surface area (Å²) < 4.78 is 32.4. The molecule has 0 saturated carbocycles. The molecule has 0 radical (unpaired) electrons. The van der Waals surface area contributed by atoms with Crippen molar-refractivity contribution in [1.82, 2.24) is 10.3 Å². The zero-order valence-electron chi connectivity index (χ0n) is 13.8. The maximum atomic E-state index is 12.9. The third-order valence-electron chi connectivity index (χ3n) is 4.57. The molecular formula is C18H17BrN2O3S. The van der Waals surface area contributed by atoms with Gasteiger partial charge in [0.1, 0.15) is 11.3 Å². The van der Waals surface area contributed by atoms with E-state index >= 15 is 0 Å². The summed E-state index contributed by atoms with van der Waals surface area (Å²) in [4.78, 5) is 4.31. The Morgan fingerprint density at radius 3 is 2.76 bits per heavy atom. The van der Waals surface area contributed by atoms with E-state index in [0.717, 1.165) is 29.7 Å². The summed E-state index contributed by atoms with van der Waals surface area (Å²) in [6.07, 6.45) is 3.77. The molecule has 0 fully saturated rings. The average molecular weight is 421 g/mol. The lowest BCUT2D eigenvalue weighted by Crippen LogP contribution is -2.41. The molecule has 0 amide bonds. The predicted molar refractivity (Wildman–Crippen MR) is 98.3 cm³/mol. The largest absolute Gasteiger partial charge is 0.459 e. The zero-order valence-corrected chi connectivity index (χ0v) is 16.2. The highest BCUT2D eigenvalue weighted by Gasteiger charge is 2.32. The van der Waals surface area contributed by atoms with E-state index in [9.17, 15) is 8.42 Å². The molecule has 3 heterocycles. The number of fused-ring (bicyclic) bond motifs is 3. The highest BCUT2D eigenvalue weighted by molar-refractivity contribution is 9.10. The van der Waals surface area contributed by atoms with Crippen molar-refractivity contribution < 1.29 is 12.8 Å². The first-order valence-corrected chi connectivity index (χ1v) is 10.2. The molecular weight excluding hydrogens is 404 g/mol. The predicted octanol–water partition coefficient (Wildman–Crippen LogP) is 3.80. The van der Waals surface area contributed by atoms with Crippen LogP contribution in [0.5, 0.6) is 0 Å². The number of halogens is 1. The molecule has 7 heteroatoms. The Kier molecular flexibility index (Phi) is 3.79. The summed E-state index contributed by atoms with van der Waals surface area (Å²) >= 11 is 3.27. The van der Waals surface area contributed by atoms with E-state index in [1.165, 1.54) is 6.20 Å². The fourth-order valence-corrected chi connectivity index (χ4v) is 5.09. The van der Waals surface area contributed by atoms with Crippen molar-refractivity contribution in [2.45, 2.75) is 35.6 Å². The normalized spacial score (nSPS) is 16.8. The van der Waals surface area contributed by atoms with Gasteiger partial charge in [-0.2, -0.15) is 0 Å². The molecule has 25 heavy (non-hydrogen) atoms. The monoisotopic (exact) mass is 420 g/mol. The van der Waals surface area contributed by atoms with Crippen molar-refractivity contribution in [3.63, 3.8) is 0 Å². The Labute approximate surface area is 154 Å². The van der Waals surface area contributed by atoms with Crippen LogP contribution in [0.25, 0.3) is 11.0 Å². The SMILES string of the molecule is CC1(C)NCCc2c1oc1cc(S(=O)(=O)c3cncc(Br)c3)ccc21. The Hall–Kier alpha value is -1.70. The third-order valence-corrected chi connectivity index (χ3v) is 6.73. The Morgan fingerprint density at radius 1 is 1.20 bits per heavy atom. The number of rotatable bonds is 2. The fourth-order valence-electron chi connectivity index (χ4n) is 3.31. The molecule has 1 aliphatic rings. The van der Waals surface area contributed by atoms with Crippen LogP contribution in [0.3, 0.4) is 0 Å². The zero-order chi connectivity index (χ0) is 17.8. The molecule has 2 aromatic heterocycles. The van der Waals surface area contributed by atoms with Crippen LogP contribution in [0.4, 0.5) is 0 Å². The van der Waals surface area contributed by atoms with Gasteiger partial charge in [-0.05, 0) is 54.4 Å². The summed E-state index contributed by atoms with van der Waals surface area (Å²) in [6.45, 7) is 5.01. The van der Waals surface area contributed by atoms with E-state index in [4.69, 9.17) is 4.42 Å². The summed E-state index contributed by atoms with van der Waals surface area (Å²) in [5.41, 5.74) is 1.50. The molecule has 5 nitrogen and oxygen atoms in total. The van der Waals surface area contributed by atoms with Crippen molar-refractivity contribution in [1.29, 1.82) is 0 Å². The van der Waals surface area contributed by atoms with Gasteiger partial charge in [-0.1, -0.05) is 0 Å². The minimum absolute atomic E-state index is 0.152. The molecule has 0 atom stereocenters. The topological polar surface area (TPSA) is 72.2 Å². The number of nitrogens with zero attached hydrogens (tertiary/aromatic N) is 1. The molecule has 0 unspecified atom stereocenters. The molecule has 0 aliphatic carbocycles. The van der Waals surface area contributed by atoms with Gasteiger partial charge in [-0.3, -0.25) is 4.98 Å². The van der Waals surface area contributed by atoms with Crippen LogP contribution in [0, 0.1) is 0 Å². The summed E-state index contributed by atoms with van der Waals surface area (Å²) in [5.74, 6) is 0.882. The smallest absolute Gasteiger partial charge is 0.208 e. The van der Waals surface area contributed by atoms with E-state index in [2.05, 4.69) is 40.1 Å². The van der Waals surface area contributed by atoms with E-state index in [1.54, 1.807) is 24.4 Å². The highest BCUT2D eigenvalue weighted by Crippen LogP contribution is 2.37. The lowest BCUT2D eigenvalue weighted by Gasteiger charge is -2.29. The van der Waals surface area contributed by atoms with Gasteiger partial charge in [0.2, 0.25) is 9.84 Å². The van der Waals surface area contributed by atoms with Gasteiger partial charge in [-0.15, -0.1) is 0 Å². The maximum absolute atomic E-state index is 12.9. The quantitative estimate of drug-likeness (QED) is 0.682. The van der Waals surface area contributed by atoms with E-state index in [1.807, 2.05) is 6.07 Å². The van der Waals surface area contributed by atoms with Gasteiger partial charge in [0.15, 0.2) is 0 Å². The highest BCUT2D eigenvalue weighted by atomic mass is 79.9. The molecule has 0 bridgehead atoms. The molecule has 1 N–H and O–H groups in total. The molecule has 0 spiro atoms. The van der Waals surface area contributed by atoms with Crippen molar-refractivity contribution in [2.75, 3.05) is 6.54 Å². The number of benzene rings is 1. The molecule has 1 aromatic carbocycles. The van der Waals surface area contributed by atoms with Crippen LogP contribution in [-0.2, 0) is 21.8 Å². The number of nitrogens with one attached hydrogen (secondary N) is 1. The van der Waals surface area contributed by atoms with E-state index in [0.29, 0.717) is 10.1 Å². The van der Waals surface area contributed by atoms with Gasteiger partial charge < -0.3 is 9.73 Å². The van der Waals surface area contributed by atoms with Crippen molar-refractivity contribution in [3.8, 4) is 0 Å². The average Bonchev–Trinajstić information content (AvgIpc) is 2.94. The molecule has 130 valence electrons. The summed E-state index contributed by atoms with van der Waals surface area (Å²) in [7, 11) is -3.65. The molecule has 4 rings (SSSR count). The number of furan rings is 1. The first kappa shape index (κ1) is 16.8. The van der Waals surface area contributed by atoms with Crippen LogP contribution in [0.15, 0.2) is 55.3 Å². The Bertz CT molecular complexity index is 1090. The number of hydrogen-bond donors (Lipinski definition) is 1. The van der Waals surface area contributed by atoms with Crippen LogP contribution in [-0.4, -0.2) is 19.9 Å². The van der Waals surface area contributed by atoms with Crippen molar-refractivity contribution in [2.24, 2.45) is 0 Å². The Balaban J connectivity index is 1.88. The van der Waals surface area contributed by atoms with Gasteiger partial charge in [-0.25, -0.2) is 8.42 Å². The first-order chi connectivity index (χ1) is 11.8. The van der Waals surface area contributed by atoms with Crippen LogP contribution in [0.2, 0.25) is 0 Å². The second-order valence-electron chi connectivity index (χ2n) is 6.71. The van der Waals surface area contributed by atoms with Gasteiger partial charge >= 0.3 is 0 Å². The van der Waals surface area contributed by atoms with Crippen LogP contribution in [0.1, 0.15) is 25.2 Å². The lowest BCUT2D eigenvalue weighted by molar-refractivity contribution is 0.310. The minimum atomic E-state index is -3.65. The maximum Gasteiger partial charge on any atom is 0.208 e. The van der Waals surface area contributed by atoms with E-state index in [-0.39, 0.29) is 15.3 Å². The summed E-state index contributed by atoms with van der Waals surface area (Å²) in [5, 5.41) is 4.41. The number of sulfone groups is 1. The van der Waals surface area contributed by atoms with Crippen LogP contribution >= 0.6 is 15.9 Å². The number of pyridine rings is 1. The second kappa shape index (κ2) is 5.65. The Morgan fingerprint density at radius 2 is 2.00 bits per heavy atom. The fraction of sp³-hybridized carbons (Fsp3) is 0.278. The van der Waals surface area contributed by atoms with E-state index < -0.39 is 9.84 Å². The second-order valence-corrected chi connectivity index (χ2v) is 9.58. The molecule has 1 aliphatic heterocycles. The molecule has 3 aromatic rings. The van der Waals surface area contributed by atoms with Gasteiger partial charge in [0, 0.05) is 40.4 Å². The third kappa shape index (κ3) is 2.70. The van der Waals surface area contributed by atoms with Gasteiger partial charge in [0.05, 0.1) is 15.3 Å². The van der Waals surface area contributed by atoms with Crippen molar-refractivity contribution >= 4 is 36.7 Å². The minimum Gasteiger partial charge on any atom is -0.459 e. The van der Waals surface area contributed by atoms with Crippen LogP contribution < -0.4 is 5.32 Å². The molecule has 0 saturated heterocycles.